The number of hydrogen-bond acceptors (Lipinski definition) is 5. The van der Waals surface area contributed by atoms with E-state index in [0.717, 1.165) is 11.0 Å². The highest BCUT2D eigenvalue weighted by Crippen LogP contribution is 2.26. The number of imidazole rings is 1. The summed E-state index contributed by atoms with van der Waals surface area (Å²) in [7, 11) is 0. The Bertz CT molecular complexity index is 943. The molecule has 6 nitrogen and oxygen atoms in total. The summed E-state index contributed by atoms with van der Waals surface area (Å²) in [6.45, 7) is 2.02. The van der Waals surface area contributed by atoms with E-state index in [2.05, 4.69) is 15.3 Å². The number of hydrogen-bond donors (Lipinski definition) is 2. The van der Waals surface area contributed by atoms with Crippen LogP contribution in [0.25, 0.3) is 11.0 Å². The second kappa shape index (κ2) is 9.61. The van der Waals surface area contributed by atoms with Crippen LogP contribution in [0.2, 0.25) is 5.02 Å². The fourth-order valence-electron chi connectivity index (χ4n) is 2.75. The maximum absolute atomic E-state index is 12.5. The number of carbonyl (C=O) groups is 2. The summed E-state index contributed by atoms with van der Waals surface area (Å²) < 4.78 is 5.02. The highest BCUT2D eigenvalue weighted by molar-refractivity contribution is 7.99. The summed E-state index contributed by atoms with van der Waals surface area (Å²) in [4.78, 5) is 32.1. The number of para-hydroxylation sites is 2. The minimum atomic E-state index is -0.559. The normalized spacial score (nSPS) is 11.9. The van der Waals surface area contributed by atoms with Gasteiger partial charge in [-0.05, 0) is 30.7 Å². The fraction of sp³-hybridized carbons (Fsp3) is 0.250. The molecule has 0 unspecified atom stereocenters. The Morgan fingerprint density at radius 2 is 1.96 bits per heavy atom. The molecule has 0 saturated heterocycles. The van der Waals surface area contributed by atoms with Crippen LogP contribution in [0.5, 0.6) is 0 Å². The largest absolute Gasteiger partial charge is 0.466 e. The molecule has 0 aliphatic carbocycles. The van der Waals surface area contributed by atoms with E-state index in [9.17, 15) is 9.59 Å². The quantitative estimate of drug-likeness (QED) is 0.425. The number of amides is 1. The van der Waals surface area contributed by atoms with Crippen molar-refractivity contribution in [3.8, 4) is 0 Å². The molecule has 0 saturated carbocycles. The van der Waals surface area contributed by atoms with Crippen LogP contribution in [-0.4, -0.2) is 34.2 Å². The minimum Gasteiger partial charge on any atom is -0.466 e. The average molecular weight is 418 g/mol. The number of thioether (sulfide) groups is 1. The Hall–Kier alpha value is -2.51. The number of H-pyrrole nitrogens is 1. The van der Waals surface area contributed by atoms with Crippen molar-refractivity contribution in [3.05, 3.63) is 59.1 Å². The monoisotopic (exact) mass is 417 g/mol. The standard InChI is InChI=1S/C20H20ClN3O3S/c1-2-27-19(26)11-17(13-7-3-4-8-14(13)21)22-18(25)12-28-20-23-15-9-5-6-10-16(15)24-20/h3-10,17H,2,11-12H2,1H3,(H,22,25)(H,23,24)/t17-/m1/s1. The van der Waals surface area contributed by atoms with Gasteiger partial charge in [-0.25, -0.2) is 4.98 Å². The van der Waals surface area contributed by atoms with E-state index in [1.165, 1.54) is 11.8 Å². The highest BCUT2D eigenvalue weighted by atomic mass is 35.5. The van der Waals surface area contributed by atoms with Crippen LogP contribution in [0.3, 0.4) is 0 Å². The van der Waals surface area contributed by atoms with Gasteiger partial charge in [0.2, 0.25) is 5.91 Å². The average Bonchev–Trinajstić information content (AvgIpc) is 3.09. The molecular formula is C20H20ClN3O3S. The van der Waals surface area contributed by atoms with Crippen molar-refractivity contribution in [1.82, 2.24) is 15.3 Å². The lowest BCUT2D eigenvalue weighted by molar-refractivity contribution is -0.143. The zero-order valence-electron chi connectivity index (χ0n) is 15.3. The summed E-state index contributed by atoms with van der Waals surface area (Å²) >= 11 is 7.55. The number of benzene rings is 2. The van der Waals surface area contributed by atoms with Crippen molar-refractivity contribution in [2.24, 2.45) is 0 Å². The first kappa shape index (κ1) is 20.2. The smallest absolute Gasteiger partial charge is 0.308 e. The van der Waals surface area contributed by atoms with Crippen molar-refractivity contribution in [1.29, 1.82) is 0 Å². The van der Waals surface area contributed by atoms with E-state index in [1.54, 1.807) is 25.1 Å². The Labute approximate surface area is 172 Å². The lowest BCUT2D eigenvalue weighted by Crippen LogP contribution is -2.32. The number of ether oxygens (including phenoxy) is 1. The molecule has 28 heavy (non-hydrogen) atoms. The molecule has 0 fully saturated rings. The van der Waals surface area contributed by atoms with Crippen LogP contribution >= 0.6 is 23.4 Å². The number of fused-ring (bicyclic) bond motifs is 1. The minimum absolute atomic E-state index is 0.0125. The highest BCUT2D eigenvalue weighted by Gasteiger charge is 2.21. The molecule has 1 heterocycles. The van der Waals surface area contributed by atoms with Crippen LogP contribution in [0.1, 0.15) is 24.9 Å². The van der Waals surface area contributed by atoms with Gasteiger partial charge < -0.3 is 15.0 Å². The first-order valence-electron chi connectivity index (χ1n) is 8.83. The fourth-order valence-corrected chi connectivity index (χ4v) is 3.71. The second-order valence-electron chi connectivity index (χ2n) is 6.00. The number of aromatic nitrogens is 2. The van der Waals surface area contributed by atoms with Gasteiger partial charge in [-0.15, -0.1) is 0 Å². The number of rotatable bonds is 8. The van der Waals surface area contributed by atoms with Crippen LogP contribution in [0.15, 0.2) is 53.7 Å². The number of halogens is 1. The zero-order valence-corrected chi connectivity index (χ0v) is 16.8. The number of aromatic amines is 1. The van der Waals surface area contributed by atoms with Crippen molar-refractivity contribution in [2.75, 3.05) is 12.4 Å². The molecule has 0 aliphatic rings. The molecular weight excluding hydrogens is 398 g/mol. The van der Waals surface area contributed by atoms with E-state index in [4.69, 9.17) is 16.3 Å². The molecule has 146 valence electrons. The van der Waals surface area contributed by atoms with Crippen molar-refractivity contribution in [3.63, 3.8) is 0 Å². The molecule has 1 atom stereocenters. The maximum Gasteiger partial charge on any atom is 0.308 e. The predicted octanol–water partition coefficient (Wildman–Crippen LogP) is 4.12. The van der Waals surface area contributed by atoms with Gasteiger partial charge in [-0.3, -0.25) is 9.59 Å². The van der Waals surface area contributed by atoms with Gasteiger partial charge in [0.1, 0.15) is 0 Å². The third-order valence-electron chi connectivity index (χ3n) is 4.00. The number of esters is 1. The van der Waals surface area contributed by atoms with Crippen molar-refractivity contribution < 1.29 is 14.3 Å². The molecule has 0 aliphatic heterocycles. The molecule has 1 amide bonds. The van der Waals surface area contributed by atoms with Crippen LogP contribution in [0.4, 0.5) is 0 Å². The van der Waals surface area contributed by atoms with Gasteiger partial charge in [0.25, 0.3) is 0 Å². The van der Waals surface area contributed by atoms with Gasteiger partial charge in [0, 0.05) is 5.02 Å². The second-order valence-corrected chi connectivity index (χ2v) is 7.37. The Kier molecular flexibility index (Phi) is 6.95. The Morgan fingerprint density at radius 1 is 1.21 bits per heavy atom. The van der Waals surface area contributed by atoms with Gasteiger partial charge in [-0.2, -0.15) is 0 Å². The Morgan fingerprint density at radius 3 is 2.71 bits per heavy atom. The van der Waals surface area contributed by atoms with Gasteiger partial charge in [0.05, 0.1) is 35.9 Å². The third kappa shape index (κ3) is 5.27. The van der Waals surface area contributed by atoms with Crippen LogP contribution < -0.4 is 5.32 Å². The topological polar surface area (TPSA) is 84.1 Å². The zero-order chi connectivity index (χ0) is 19.9. The summed E-state index contributed by atoms with van der Waals surface area (Å²) in [5, 5.41) is 4.03. The van der Waals surface area contributed by atoms with E-state index in [1.807, 2.05) is 30.3 Å². The molecule has 3 aromatic rings. The lowest BCUT2D eigenvalue weighted by atomic mass is 10.0. The summed E-state index contributed by atoms with van der Waals surface area (Å²) in [6, 6.07) is 14.2. The van der Waals surface area contributed by atoms with E-state index in [0.29, 0.717) is 15.7 Å². The molecule has 8 heteroatoms. The summed E-state index contributed by atoms with van der Waals surface area (Å²) in [6.07, 6.45) is 0.0125. The van der Waals surface area contributed by atoms with Crippen molar-refractivity contribution in [2.45, 2.75) is 24.5 Å². The van der Waals surface area contributed by atoms with Gasteiger partial charge in [-0.1, -0.05) is 53.7 Å². The van der Waals surface area contributed by atoms with Crippen LogP contribution in [0, 0.1) is 0 Å². The molecule has 0 radical (unpaired) electrons. The first-order valence-corrected chi connectivity index (χ1v) is 10.2. The SMILES string of the molecule is CCOC(=O)C[C@@H](NC(=O)CSc1nc2ccccc2[nH]1)c1ccccc1Cl. The number of carbonyl (C=O) groups excluding carboxylic acids is 2. The molecule has 2 aromatic carbocycles. The molecule has 0 bridgehead atoms. The van der Waals surface area contributed by atoms with E-state index < -0.39 is 12.0 Å². The summed E-state index contributed by atoms with van der Waals surface area (Å²) in [5.41, 5.74) is 2.45. The number of nitrogens with one attached hydrogen (secondary N) is 2. The molecule has 3 rings (SSSR count). The van der Waals surface area contributed by atoms with E-state index >= 15 is 0 Å². The Balaban J connectivity index is 1.66. The van der Waals surface area contributed by atoms with Gasteiger partial charge in [0.15, 0.2) is 5.16 Å². The third-order valence-corrected chi connectivity index (χ3v) is 5.22. The molecule has 0 spiro atoms. The summed E-state index contributed by atoms with van der Waals surface area (Å²) in [5.74, 6) is -0.457. The predicted molar refractivity (Wildman–Crippen MR) is 110 cm³/mol. The van der Waals surface area contributed by atoms with Gasteiger partial charge >= 0.3 is 5.97 Å². The first-order chi connectivity index (χ1) is 13.6. The van der Waals surface area contributed by atoms with Crippen LogP contribution in [-0.2, 0) is 14.3 Å². The molecule has 2 N–H and O–H groups in total. The number of nitrogens with zero attached hydrogens (tertiary/aromatic N) is 1. The lowest BCUT2D eigenvalue weighted by Gasteiger charge is -2.19. The van der Waals surface area contributed by atoms with Crippen molar-refractivity contribution >= 4 is 46.3 Å². The van der Waals surface area contributed by atoms with E-state index in [-0.39, 0.29) is 24.7 Å². The molecule has 1 aromatic heterocycles. The maximum atomic E-state index is 12.5.